The first-order valence-corrected chi connectivity index (χ1v) is 12.1. The molecule has 0 radical (unpaired) electrons. The zero-order valence-electron chi connectivity index (χ0n) is 18.6. The third-order valence-electron chi connectivity index (χ3n) is 5.39. The molecule has 0 aromatic heterocycles. The lowest BCUT2D eigenvalue weighted by molar-refractivity contribution is -0.137. The lowest BCUT2D eigenvalue weighted by Gasteiger charge is -2.04. The van der Waals surface area contributed by atoms with E-state index >= 15 is 0 Å². The van der Waals surface area contributed by atoms with Crippen molar-refractivity contribution >= 4 is 11.9 Å². The van der Waals surface area contributed by atoms with Crippen molar-refractivity contribution in [2.24, 2.45) is 0 Å². The molecule has 0 heterocycles. The third-order valence-corrected chi connectivity index (χ3v) is 5.39. The molecule has 0 aliphatic carbocycles. The van der Waals surface area contributed by atoms with E-state index in [1.807, 2.05) is 0 Å². The zero-order valence-corrected chi connectivity index (χ0v) is 18.6. The first-order valence-electron chi connectivity index (χ1n) is 12.1. The highest BCUT2D eigenvalue weighted by molar-refractivity contribution is 5.86. The fourth-order valence-electron chi connectivity index (χ4n) is 3.63. The van der Waals surface area contributed by atoms with Crippen LogP contribution in [-0.2, 0) is 9.59 Å². The number of aliphatic carboxylic acids is 2. The maximum atomic E-state index is 10.4. The van der Waals surface area contributed by atoms with Gasteiger partial charge in [-0.3, -0.25) is 4.79 Å². The van der Waals surface area contributed by atoms with Crippen molar-refractivity contribution in [1.82, 2.24) is 0 Å². The highest BCUT2D eigenvalue weighted by atomic mass is 16.4. The van der Waals surface area contributed by atoms with Crippen LogP contribution in [0, 0.1) is 11.8 Å². The Bertz CT molecular complexity index is 447. The monoisotopic (exact) mass is 408 g/mol. The van der Waals surface area contributed by atoms with Gasteiger partial charge in [-0.15, -0.1) is 0 Å². The predicted molar refractivity (Wildman–Crippen MR) is 120 cm³/mol. The highest BCUT2D eigenvalue weighted by Crippen LogP contribution is 2.15. The molecule has 0 aliphatic heterocycles. The van der Waals surface area contributed by atoms with Crippen LogP contribution >= 0.6 is 0 Å². The van der Waals surface area contributed by atoms with Crippen LogP contribution in [0.2, 0.25) is 0 Å². The zero-order chi connectivity index (χ0) is 21.4. The van der Waals surface area contributed by atoms with Crippen molar-refractivity contribution in [2.75, 3.05) is 0 Å². The molecule has 0 unspecified atom stereocenters. The molecule has 0 aliphatic rings. The normalized spacial score (nSPS) is 10.5. The summed E-state index contributed by atoms with van der Waals surface area (Å²) in [6.45, 7) is 0. The van der Waals surface area contributed by atoms with E-state index in [1.54, 1.807) is 0 Å². The molecule has 0 saturated heterocycles. The molecule has 168 valence electrons. The molecule has 0 atom stereocenters. The molecule has 0 fully saturated rings. The molecule has 4 nitrogen and oxygen atoms in total. The van der Waals surface area contributed by atoms with E-state index in [1.165, 1.54) is 103 Å². The van der Waals surface area contributed by atoms with Crippen LogP contribution < -0.4 is 0 Å². The number of unbranched alkanes of at least 4 members (excludes halogenated alkanes) is 19. The van der Waals surface area contributed by atoms with E-state index < -0.39 is 11.9 Å². The fourth-order valence-corrected chi connectivity index (χ4v) is 3.63. The average Bonchev–Trinajstić information content (AvgIpc) is 2.68. The second-order valence-corrected chi connectivity index (χ2v) is 8.22. The fraction of sp³-hybridized carbons (Fsp3) is 0.840. The first kappa shape index (κ1) is 27.5. The molecule has 0 rings (SSSR count). The quantitative estimate of drug-likeness (QED) is 0.154. The summed E-state index contributed by atoms with van der Waals surface area (Å²) in [7, 11) is 0. The summed E-state index contributed by atoms with van der Waals surface area (Å²) in [6, 6.07) is 0. The summed E-state index contributed by atoms with van der Waals surface area (Å²) in [5, 5.41) is 17.0. The van der Waals surface area contributed by atoms with Crippen LogP contribution in [0.15, 0.2) is 0 Å². The van der Waals surface area contributed by atoms with Crippen molar-refractivity contribution in [1.29, 1.82) is 0 Å². The molecular formula is C25H44O4. The molecule has 0 bridgehead atoms. The lowest BCUT2D eigenvalue weighted by Crippen LogP contribution is -1.93. The van der Waals surface area contributed by atoms with Gasteiger partial charge in [0.2, 0.25) is 0 Å². The number of hydrogen-bond donors (Lipinski definition) is 2. The number of carboxylic acid groups (broad SMARTS) is 2. The summed E-state index contributed by atoms with van der Waals surface area (Å²) in [5.74, 6) is 3.15. The largest absolute Gasteiger partial charge is 0.481 e. The van der Waals surface area contributed by atoms with Crippen LogP contribution in [0.25, 0.3) is 0 Å². The van der Waals surface area contributed by atoms with Gasteiger partial charge in [0.15, 0.2) is 0 Å². The summed E-state index contributed by atoms with van der Waals surface area (Å²) in [5.41, 5.74) is 0. The van der Waals surface area contributed by atoms with Gasteiger partial charge in [0, 0.05) is 18.8 Å². The standard InChI is InChI=1S/C25H44O4/c26-24(27)22-20-18-16-14-12-10-8-6-4-2-1-3-5-7-9-11-13-15-17-19-21-23-25(28)29/h1-20,22H2,(H,26,27)(H,28,29). The molecular weight excluding hydrogens is 364 g/mol. The molecule has 29 heavy (non-hydrogen) atoms. The van der Waals surface area contributed by atoms with E-state index in [-0.39, 0.29) is 0 Å². The lowest BCUT2D eigenvalue weighted by atomic mass is 10.0. The van der Waals surface area contributed by atoms with Gasteiger partial charge in [-0.2, -0.15) is 0 Å². The van der Waals surface area contributed by atoms with Crippen molar-refractivity contribution in [3.05, 3.63) is 0 Å². The third kappa shape index (κ3) is 26.5. The van der Waals surface area contributed by atoms with Gasteiger partial charge in [-0.1, -0.05) is 115 Å². The number of rotatable bonds is 21. The van der Waals surface area contributed by atoms with Gasteiger partial charge >= 0.3 is 11.9 Å². The van der Waals surface area contributed by atoms with Gasteiger partial charge in [0.05, 0.1) is 0 Å². The first-order chi connectivity index (χ1) is 14.1. The Hall–Kier alpha value is -1.50. The Kier molecular flexibility index (Phi) is 21.6. The van der Waals surface area contributed by atoms with Gasteiger partial charge in [0.1, 0.15) is 0 Å². The van der Waals surface area contributed by atoms with Crippen LogP contribution in [0.5, 0.6) is 0 Å². The maximum absolute atomic E-state index is 10.4. The Morgan fingerprint density at radius 3 is 1.10 bits per heavy atom. The van der Waals surface area contributed by atoms with Crippen molar-refractivity contribution in [3.63, 3.8) is 0 Å². The van der Waals surface area contributed by atoms with E-state index in [4.69, 9.17) is 10.2 Å². The Morgan fingerprint density at radius 1 is 0.483 bits per heavy atom. The molecule has 0 aromatic rings. The Labute approximate surface area is 178 Å². The van der Waals surface area contributed by atoms with Crippen molar-refractivity contribution < 1.29 is 19.8 Å². The van der Waals surface area contributed by atoms with Crippen LogP contribution in [0.1, 0.15) is 135 Å². The predicted octanol–water partition coefficient (Wildman–Crippen LogP) is 7.35. The molecule has 0 saturated carbocycles. The smallest absolute Gasteiger partial charge is 0.381 e. The average molecular weight is 409 g/mol. The van der Waals surface area contributed by atoms with Crippen LogP contribution in [-0.4, -0.2) is 22.2 Å². The second kappa shape index (κ2) is 22.8. The minimum absolute atomic E-state index is 0.327. The number of carboxylic acids is 2. The van der Waals surface area contributed by atoms with Crippen molar-refractivity contribution in [3.8, 4) is 11.8 Å². The molecule has 0 aromatic carbocycles. The minimum atomic E-state index is -1.02. The van der Waals surface area contributed by atoms with E-state index in [9.17, 15) is 9.59 Å². The van der Waals surface area contributed by atoms with E-state index in [0.717, 1.165) is 19.3 Å². The molecule has 4 heteroatoms. The second-order valence-electron chi connectivity index (χ2n) is 8.22. The van der Waals surface area contributed by atoms with Gasteiger partial charge < -0.3 is 10.2 Å². The van der Waals surface area contributed by atoms with Gasteiger partial charge in [-0.25, -0.2) is 4.79 Å². The highest BCUT2D eigenvalue weighted by Gasteiger charge is 1.97. The summed E-state index contributed by atoms with van der Waals surface area (Å²) >= 11 is 0. The van der Waals surface area contributed by atoms with Gasteiger partial charge in [-0.05, 0) is 12.8 Å². The SMILES string of the molecule is O=C(O)C#CCCCCCCCCCCCCCCCCCCCCCC(=O)O. The van der Waals surface area contributed by atoms with Crippen molar-refractivity contribution in [2.45, 2.75) is 135 Å². The number of carbonyl (C=O) groups is 2. The Balaban J connectivity index is 3.06. The molecule has 2 N–H and O–H groups in total. The summed E-state index contributed by atoms with van der Waals surface area (Å²) in [6.07, 6.45) is 25.1. The minimum Gasteiger partial charge on any atom is -0.481 e. The van der Waals surface area contributed by atoms with Crippen LogP contribution in [0.3, 0.4) is 0 Å². The molecule has 0 spiro atoms. The van der Waals surface area contributed by atoms with Gasteiger partial charge in [0.25, 0.3) is 0 Å². The van der Waals surface area contributed by atoms with Crippen LogP contribution in [0.4, 0.5) is 0 Å². The van der Waals surface area contributed by atoms with E-state index in [2.05, 4.69) is 11.8 Å². The molecule has 0 amide bonds. The maximum Gasteiger partial charge on any atom is 0.381 e. The van der Waals surface area contributed by atoms with E-state index in [0.29, 0.717) is 12.8 Å². The topological polar surface area (TPSA) is 74.6 Å². The number of hydrogen-bond acceptors (Lipinski definition) is 2. The summed E-state index contributed by atoms with van der Waals surface area (Å²) in [4.78, 5) is 20.6. The summed E-state index contributed by atoms with van der Waals surface area (Å²) < 4.78 is 0. The Morgan fingerprint density at radius 2 is 0.793 bits per heavy atom.